The smallest absolute Gasteiger partial charge is 0.243 e. The van der Waals surface area contributed by atoms with E-state index in [1.165, 1.54) is 6.92 Å². The zero-order valence-corrected chi connectivity index (χ0v) is 13.4. The van der Waals surface area contributed by atoms with Gasteiger partial charge in [0.25, 0.3) is 0 Å². The lowest BCUT2D eigenvalue weighted by Crippen LogP contribution is -2.47. The second kappa shape index (κ2) is 7.40. The van der Waals surface area contributed by atoms with Gasteiger partial charge in [-0.1, -0.05) is 5.16 Å². The summed E-state index contributed by atoms with van der Waals surface area (Å²) in [7, 11) is 0. The Bertz CT molecular complexity index is 521. The molecular weight excluding hydrogens is 284 g/mol. The summed E-state index contributed by atoms with van der Waals surface area (Å²) in [6.07, 6.45) is 1.97. The van der Waals surface area contributed by atoms with Crippen LogP contribution in [0.15, 0.2) is 10.6 Å². The molecule has 0 radical (unpaired) electrons. The van der Waals surface area contributed by atoms with E-state index in [1.54, 1.807) is 6.07 Å². The first-order chi connectivity index (χ1) is 10.5. The number of carbonyl (C=O) groups excluding carboxylic acids is 2. The van der Waals surface area contributed by atoms with Crippen molar-refractivity contribution < 1.29 is 14.1 Å². The van der Waals surface area contributed by atoms with E-state index < -0.39 is 0 Å². The molecule has 1 aliphatic rings. The summed E-state index contributed by atoms with van der Waals surface area (Å²) in [4.78, 5) is 25.3. The van der Waals surface area contributed by atoms with Gasteiger partial charge in [-0.2, -0.15) is 0 Å². The Balaban J connectivity index is 1.77. The fraction of sp³-hybridized carbons (Fsp3) is 0.667. The van der Waals surface area contributed by atoms with Gasteiger partial charge in [0.05, 0.1) is 11.7 Å². The fourth-order valence-corrected chi connectivity index (χ4v) is 2.65. The highest BCUT2D eigenvalue weighted by Crippen LogP contribution is 2.19. The van der Waals surface area contributed by atoms with Crippen LogP contribution in [-0.4, -0.2) is 47.5 Å². The Hall–Kier alpha value is -1.89. The first kappa shape index (κ1) is 16.5. The molecule has 1 aliphatic heterocycles. The molecule has 2 amide bonds. The molecule has 7 nitrogen and oxygen atoms in total. The van der Waals surface area contributed by atoms with E-state index in [1.807, 2.05) is 13.8 Å². The normalized spacial score (nSPS) is 18.0. The first-order valence-electron chi connectivity index (χ1n) is 7.68. The molecule has 1 fully saturated rings. The maximum absolute atomic E-state index is 12.2. The van der Waals surface area contributed by atoms with Gasteiger partial charge in [-0.05, 0) is 45.7 Å². The topological polar surface area (TPSA) is 87.5 Å². The van der Waals surface area contributed by atoms with Crippen LogP contribution in [0.3, 0.4) is 0 Å². The number of rotatable bonds is 5. The zero-order chi connectivity index (χ0) is 16.1. The lowest BCUT2D eigenvalue weighted by Gasteiger charge is -2.35. The van der Waals surface area contributed by atoms with Crippen LogP contribution < -0.4 is 10.6 Å². The van der Waals surface area contributed by atoms with E-state index in [0.29, 0.717) is 11.8 Å². The van der Waals surface area contributed by atoms with Crippen LogP contribution in [0.1, 0.15) is 32.4 Å². The van der Waals surface area contributed by atoms with Crippen molar-refractivity contribution >= 4 is 17.7 Å². The molecule has 0 saturated carbocycles. The minimum Gasteiger partial charge on any atom is -0.356 e. The Morgan fingerprint density at radius 2 is 2.14 bits per heavy atom. The number of aromatic nitrogens is 1. The summed E-state index contributed by atoms with van der Waals surface area (Å²) >= 11 is 0. The molecule has 2 N–H and O–H groups in total. The molecule has 122 valence electrons. The van der Waals surface area contributed by atoms with Gasteiger partial charge in [0.1, 0.15) is 0 Å². The Morgan fingerprint density at radius 1 is 1.45 bits per heavy atom. The summed E-state index contributed by atoms with van der Waals surface area (Å²) in [6, 6.07) is 1.48. The van der Waals surface area contributed by atoms with Crippen molar-refractivity contribution in [2.24, 2.45) is 5.92 Å². The predicted molar refractivity (Wildman–Crippen MR) is 82.3 cm³/mol. The van der Waals surface area contributed by atoms with E-state index in [9.17, 15) is 9.59 Å². The number of anilines is 1. The number of piperidine rings is 1. The Kier molecular flexibility index (Phi) is 5.54. The number of hydrogen-bond acceptors (Lipinski definition) is 5. The summed E-state index contributed by atoms with van der Waals surface area (Å²) in [6.45, 7) is 7.67. The van der Waals surface area contributed by atoms with Gasteiger partial charge in [-0.25, -0.2) is 0 Å². The number of amides is 2. The van der Waals surface area contributed by atoms with E-state index in [2.05, 4.69) is 20.7 Å². The molecule has 0 aliphatic carbocycles. The minimum atomic E-state index is -0.216. The average Bonchev–Trinajstić information content (AvgIpc) is 2.90. The van der Waals surface area contributed by atoms with Gasteiger partial charge in [0.2, 0.25) is 17.7 Å². The second-order valence-corrected chi connectivity index (χ2v) is 5.91. The molecule has 7 heteroatoms. The maximum Gasteiger partial charge on any atom is 0.243 e. The zero-order valence-electron chi connectivity index (χ0n) is 13.4. The van der Waals surface area contributed by atoms with E-state index in [4.69, 9.17) is 4.52 Å². The van der Waals surface area contributed by atoms with Crippen molar-refractivity contribution in [2.75, 3.05) is 25.0 Å². The average molecular weight is 308 g/mol. The number of likely N-dealkylation sites (tertiary alicyclic amines) is 1. The third-order valence-electron chi connectivity index (χ3n) is 4.09. The summed E-state index contributed by atoms with van der Waals surface area (Å²) in [5, 5.41) is 9.35. The largest absolute Gasteiger partial charge is 0.356 e. The van der Waals surface area contributed by atoms with Crippen molar-refractivity contribution in [3.05, 3.63) is 11.8 Å². The van der Waals surface area contributed by atoms with Gasteiger partial charge < -0.3 is 9.84 Å². The molecule has 2 heterocycles. The SMILES string of the molecule is CC(=O)NCC1CCN([C@H](C)C(=O)Nc2cc(C)no2)CC1. The second-order valence-electron chi connectivity index (χ2n) is 5.91. The van der Waals surface area contributed by atoms with Crippen LogP contribution in [0.25, 0.3) is 0 Å². The highest BCUT2D eigenvalue weighted by Gasteiger charge is 2.27. The number of nitrogens with one attached hydrogen (secondary N) is 2. The van der Waals surface area contributed by atoms with Crippen molar-refractivity contribution in [1.82, 2.24) is 15.4 Å². The molecule has 0 bridgehead atoms. The monoisotopic (exact) mass is 308 g/mol. The number of carbonyl (C=O) groups is 2. The summed E-state index contributed by atoms with van der Waals surface area (Å²) < 4.78 is 5.00. The van der Waals surface area contributed by atoms with Crippen LogP contribution in [-0.2, 0) is 9.59 Å². The molecule has 1 saturated heterocycles. The molecule has 0 spiro atoms. The van der Waals surface area contributed by atoms with Crippen LogP contribution in [0.2, 0.25) is 0 Å². The summed E-state index contributed by atoms with van der Waals surface area (Å²) in [5.41, 5.74) is 0.738. The van der Waals surface area contributed by atoms with Gasteiger partial charge >= 0.3 is 0 Å². The third-order valence-corrected chi connectivity index (χ3v) is 4.09. The predicted octanol–water partition coefficient (Wildman–Crippen LogP) is 1.16. The van der Waals surface area contributed by atoms with Gasteiger partial charge in [0, 0.05) is 19.5 Å². The number of aryl methyl sites for hydroxylation is 1. The van der Waals surface area contributed by atoms with Crippen LogP contribution in [0, 0.1) is 12.8 Å². The van der Waals surface area contributed by atoms with Crippen LogP contribution in [0.4, 0.5) is 5.88 Å². The van der Waals surface area contributed by atoms with Crippen LogP contribution in [0.5, 0.6) is 0 Å². The molecule has 22 heavy (non-hydrogen) atoms. The van der Waals surface area contributed by atoms with Crippen molar-refractivity contribution in [3.8, 4) is 0 Å². The summed E-state index contributed by atoms with van der Waals surface area (Å²) in [5.74, 6) is 0.802. The molecule has 1 atom stereocenters. The third kappa shape index (κ3) is 4.56. The van der Waals surface area contributed by atoms with Gasteiger partial charge in [-0.3, -0.25) is 19.8 Å². The molecule has 0 unspecified atom stereocenters. The van der Waals surface area contributed by atoms with Crippen molar-refractivity contribution in [2.45, 2.75) is 39.7 Å². The maximum atomic E-state index is 12.2. The quantitative estimate of drug-likeness (QED) is 0.852. The highest BCUT2D eigenvalue weighted by molar-refractivity contribution is 5.93. The van der Waals surface area contributed by atoms with Crippen LogP contribution >= 0.6 is 0 Å². The Morgan fingerprint density at radius 3 is 2.68 bits per heavy atom. The molecule has 1 aromatic rings. The lowest BCUT2D eigenvalue weighted by molar-refractivity contribution is -0.121. The molecule has 2 rings (SSSR count). The molecule has 1 aromatic heterocycles. The minimum absolute atomic E-state index is 0.0116. The molecule has 0 aromatic carbocycles. The Labute approximate surface area is 130 Å². The fourth-order valence-electron chi connectivity index (χ4n) is 2.65. The standard InChI is InChI=1S/C15H24N4O3/c1-10-8-14(22-18-10)17-15(21)11(2)19-6-4-13(5-7-19)9-16-12(3)20/h8,11,13H,4-7,9H2,1-3H3,(H,16,20)(H,17,21)/t11-/m1/s1. The first-order valence-corrected chi connectivity index (χ1v) is 7.68. The molecular formula is C15H24N4O3. The number of hydrogen-bond donors (Lipinski definition) is 2. The van der Waals surface area contributed by atoms with E-state index in [-0.39, 0.29) is 17.9 Å². The number of nitrogens with zero attached hydrogens (tertiary/aromatic N) is 2. The van der Waals surface area contributed by atoms with Crippen molar-refractivity contribution in [1.29, 1.82) is 0 Å². The van der Waals surface area contributed by atoms with Gasteiger partial charge in [-0.15, -0.1) is 0 Å². The van der Waals surface area contributed by atoms with Gasteiger partial charge in [0.15, 0.2) is 0 Å². The van der Waals surface area contributed by atoms with E-state index >= 15 is 0 Å². The lowest BCUT2D eigenvalue weighted by atomic mass is 9.95. The van der Waals surface area contributed by atoms with E-state index in [0.717, 1.165) is 38.2 Å². The van der Waals surface area contributed by atoms with Crippen molar-refractivity contribution in [3.63, 3.8) is 0 Å². The highest BCUT2D eigenvalue weighted by atomic mass is 16.5.